The van der Waals surface area contributed by atoms with Gasteiger partial charge in [-0.1, -0.05) is 152 Å². The van der Waals surface area contributed by atoms with E-state index in [1.807, 2.05) is 0 Å². The lowest BCUT2D eigenvalue weighted by Gasteiger charge is -2.30. The fraction of sp³-hybridized carbons (Fsp3) is 0.0769. The molecule has 0 N–H and O–H groups in total. The van der Waals surface area contributed by atoms with Crippen molar-refractivity contribution < 1.29 is 0 Å². The van der Waals surface area contributed by atoms with Gasteiger partial charge in [0.2, 0.25) is 0 Å². The van der Waals surface area contributed by atoms with E-state index in [0.29, 0.717) is 5.92 Å². The van der Waals surface area contributed by atoms with E-state index in [1.165, 1.54) is 99.8 Å². The number of para-hydroxylation sites is 1. The lowest BCUT2D eigenvalue weighted by molar-refractivity contribution is 0.726. The van der Waals surface area contributed by atoms with Crippen LogP contribution in [0.5, 0.6) is 0 Å². The lowest BCUT2D eigenvalue weighted by Crippen LogP contribution is -2.25. The molecule has 9 aromatic rings. The predicted octanol–water partition coefficient (Wildman–Crippen LogP) is 12.9. The smallest absolute Gasteiger partial charge is 0.0725 e. The van der Waals surface area contributed by atoms with E-state index < -0.39 is 0 Å². The summed E-state index contributed by atoms with van der Waals surface area (Å²) in [6, 6.07) is 68.8. The van der Waals surface area contributed by atoms with Gasteiger partial charge in [-0.25, -0.2) is 0 Å². The Morgan fingerprint density at radius 3 is 1.75 bits per heavy atom. The zero-order valence-corrected chi connectivity index (χ0v) is 29.3. The quantitative estimate of drug-likeness (QED) is 0.172. The van der Waals surface area contributed by atoms with Crippen molar-refractivity contribution in [3.63, 3.8) is 0 Å². The Balaban J connectivity index is 1.15. The van der Waals surface area contributed by atoms with Gasteiger partial charge in [0.15, 0.2) is 0 Å². The van der Waals surface area contributed by atoms with E-state index >= 15 is 0 Å². The van der Waals surface area contributed by atoms with Crippen LogP contribution in [-0.2, 0) is 11.8 Å². The molecule has 1 aromatic heterocycles. The molecule has 248 valence electrons. The van der Waals surface area contributed by atoms with Crippen LogP contribution >= 0.6 is 0 Å². The van der Waals surface area contributed by atoms with Crippen molar-refractivity contribution in [1.82, 2.24) is 4.57 Å². The van der Waals surface area contributed by atoms with Crippen LogP contribution in [0.2, 0.25) is 0 Å². The number of hydrogen-bond acceptors (Lipinski definition) is 0. The Morgan fingerprint density at radius 1 is 0.415 bits per heavy atom. The van der Waals surface area contributed by atoms with Gasteiger partial charge in [0.05, 0.1) is 16.4 Å². The van der Waals surface area contributed by atoms with E-state index in [-0.39, 0.29) is 5.41 Å². The molecule has 1 unspecified atom stereocenters. The summed E-state index contributed by atoms with van der Waals surface area (Å²) in [5.41, 5.74) is 21.1. The molecular weight excluding hydrogens is 639 g/mol. The minimum atomic E-state index is -0.364. The molecule has 0 aliphatic heterocycles. The Kier molecular flexibility index (Phi) is 5.94. The number of hydrogen-bond donors (Lipinski definition) is 0. The number of fused-ring (bicyclic) bond motifs is 16. The SMILES string of the molecule is c1ccc(C2CCc3ccccc3-c3cc(-n4c5ccccc5c5cc6c(cc54)-c4ccccc4C64c5ccccc5-c5ccccc54)ccc32)cc1. The summed E-state index contributed by atoms with van der Waals surface area (Å²) in [6.07, 6.45) is 2.16. The fourth-order valence-electron chi connectivity index (χ4n) is 10.5. The van der Waals surface area contributed by atoms with Crippen molar-refractivity contribution in [2.45, 2.75) is 24.2 Å². The van der Waals surface area contributed by atoms with Gasteiger partial charge in [0.1, 0.15) is 0 Å². The second kappa shape index (κ2) is 10.8. The summed E-state index contributed by atoms with van der Waals surface area (Å²) < 4.78 is 2.53. The molecule has 1 atom stereocenters. The van der Waals surface area contributed by atoms with Crippen LogP contribution in [0.15, 0.2) is 182 Å². The standard InChI is InChI=1S/C52H35N/c1-2-14-33(15-3-1)37-28-26-34-16-4-5-17-36(34)43-30-35(27-29-38(37)43)53-50-25-13-9-21-42(50)45-31-49-44(32-51(45)53)41-20-8-12-24-48(41)52(49)46-22-10-6-18-39(46)40-19-7-11-23-47(40)52/h1-25,27,29-32,37H,26,28H2. The monoisotopic (exact) mass is 673 g/mol. The van der Waals surface area contributed by atoms with E-state index in [1.54, 1.807) is 0 Å². The highest BCUT2D eigenvalue weighted by Gasteiger charge is 2.51. The van der Waals surface area contributed by atoms with Crippen LogP contribution in [0.3, 0.4) is 0 Å². The topological polar surface area (TPSA) is 4.93 Å². The number of rotatable bonds is 2. The Morgan fingerprint density at radius 2 is 1.02 bits per heavy atom. The fourth-order valence-corrected chi connectivity index (χ4v) is 10.5. The van der Waals surface area contributed by atoms with Gasteiger partial charge < -0.3 is 4.57 Å². The number of aryl methyl sites for hydroxylation is 1. The summed E-state index contributed by atoms with van der Waals surface area (Å²) in [5.74, 6) is 0.346. The van der Waals surface area contributed by atoms with Gasteiger partial charge >= 0.3 is 0 Å². The zero-order chi connectivity index (χ0) is 34.7. The average molecular weight is 674 g/mol. The van der Waals surface area contributed by atoms with Gasteiger partial charge in [0, 0.05) is 22.4 Å². The Labute approximate surface area is 309 Å². The minimum absolute atomic E-state index is 0.346. The average Bonchev–Trinajstić information content (AvgIpc) is 3.77. The van der Waals surface area contributed by atoms with Crippen LogP contribution in [0.1, 0.15) is 51.3 Å². The lowest BCUT2D eigenvalue weighted by atomic mass is 9.70. The molecule has 1 heterocycles. The second-order valence-corrected chi connectivity index (χ2v) is 15.1. The van der Waals surface area contributed by atoms with Gasteiger partial charge in [-0.2, -0.15) is 0 Å². The van der Waals surface area contributed by atoms with Crippen LogP contribution in [0, 0.1) is 0 Å². The molecule has 12 rings (SSSR count). The van der Waals surface area contributed by atoms with E-state index in [4.69, 9.17) is 0 Å². The Bertz CT molecular complexity index is 2920. The molecule has 3 aliphatic carbocycles. The minimum Gasteiger partial charge on any atom is -0.309 e. The third kappa shape index (κ3) is 3.81. The molecule has 0 saturated heterocycles. The highest BCUT2D eigenvalue weighted by Crippen LogP contribution is 2.63. The molecule has 0 fully saturated rings. The third-order valence-electron chi connectivity index (χ3n) is 12.7. The van der Waals surface area contributed by atoms with Crippen LogP contribution in [0.4, 0.5) is 0 Å². The molecule has 1 heteroatoms. The first-order valence-corrected chi connectivity index (χ1v) is 19.0. The summed E-state index contributed by atoms with van der Waals surface area (Å²) in [4.78, 5) is 0. The van der Waals surface area contributed by atoms with Gasteiger partial charge in [-0.05, 0) is 115 Å². The molecule has 0 amide bonds. The number of benzene rings is 8. The molecule has 53 heavy (non-hydrogen) atoms. The summed E-state index contributed by atoms with van der Waals surface area (Å²) >= 11 is 0. The van der Waals surface area contributed by atoms with Gasteiger partial charge in [0.25, 0.3) is 0 Å². The summed E-state index contributed by atoms with van der Waals surface area (Å²) in [6.45, 7) is 0. The molecule has 8 aromatic carbocycles. The molecule has 3 aliphatic rings. The first-order valence-electron chi connectivity index (χ1n) is 19.0. The van der Waals surface area contributed by atoms with Gasteiger partial charge in [-0.15, -0.1) is 0 Å². The summed E-state index contributed by atoms with van der Waals surface area (Å²) in [5, 5.41) is 2.58. The van der Waals surface area contributed by atoms with Crippen molar-refractivity contribution in [3.05, 3.63) is 221 Å². The number of aromatic nitrogens is 1. The molecule has 1 spiro atoms. The van der Waals surface area contributed by atoms with Crippen molar-refractivity contribution in [3.8, 4) is 39.1 Å². The maximum absolute atomic E-state index is 2.55. The molecule has 0 saturated carbocycles. The van der Waals surface area contributed by atoms with E-state index in [2.05, 4.69) is 187 Å². The summed E-state index contributed by atoms with van der Waals surface area (Å²) in [7, 11) is 0. The van der Waals surface area contributed by atoms with Crippen LogP contribution in [-0.4, -0.2) is 4.57 Å². The molecule has 0 radical (unpaired) electrons. The van der Waals surface area contributed by atoms with Crippen molar-refractivity contribution in [2.24, 2.45) is 0 Å². The van der Waals surface area contributed by atoms with Crippen molar-refractivity contribution >= 4 is 21.8 Å². The highest BCUT2D eigenvalue weighted by atomic mass is 15.0. The highest BCUT2D eigenvalue weighted by molar-refractivity contribution is 6.12. The normalized spacial score (nSPS) is 15.7. The van der Waals surface area contributed by atoms with Crippen LogP contribution < -0.4 is 0 Å². The number of nitrogens with zero attached hydrogens (tertiary/aromatic N) is 1. The van der Waals surface area contributed by atoms with Crippen molar-refractivity contribution in [2.75, 3.05) is 0 Å². The zero-order valence-electron chi connectivity index (χ0n) is 29.3. The Hall–Kier alpha value is -6.44. The van der Waals surface area contributed by atoms with Crippen LogP contribution in [0.25, 0.3) is 60.9 Å². The third-order valence-corrected chi connectivity index (χ3v) is 12.7. The second-order valence-electron chi connectivity index (χ2n) is 15.1. The maximum Gasteiger partial charge on any atom is 0.0725 e. The van der Waals surface area contributed by atoms with Crippen molar-refractivity contribution in [1.29, 1.82) is 0 Å². The molecule has 1 nitrogen and oxygen atoms in total. The van der Waals surface area contributed by atoms with E-state index in [9.17, 15) is 0 Å². The van der Waals surface area contributed by atoms with E-state index in [0.717, 1.165) is 12.8 Å². The molecular formula is C52H35N. The first-order chi connectivity index (χ1) is 26.3. The first kappa shape index (κ1) is 29.2. The maximum atomic E-state index is 2.55. The predicted molar refractivity (Wildman–Crippen MR) is 219 cm³/mol. The van der Waals surface area contributed by atoms with Gasteiger partial charge in [-0.3, -0.25) is 0 Å². The largest absolute Gasteiger partial charge is 0.309 e. The molecule has 0 bridgehead atoms.